The van der Waals surface area contributed by atoms with Crippen LogP contribution in [0.4, 0.5) is 0 Å². The molecule has 2 saturated heterocycles. The number of carboxylic acid groups (broad SMARTS) is 2. The summed E-state index contributed by atoms with van der Waals surface area (Å²) in [5.41, 5.74) is 1.00. The van der Waals surface area contributed by atoms with Crippen molar-refractivity contribution in [3.8, 4) is 0 Å². The summed E-state index contributed by atoms with van der Waals surface area (Å²) in [5.74, 6) is -2.77. The van der Waals surface area contributed by atoms with Crippen LogP contribution < -0.4 is 5.32 Å². The molecule has 1 aromatic carbocycles. The number of carbonyl (C=O) groups is 3. The molecule has 9 heteroatoms. The van der Waals surface area contributed by atoms with Crippen molar-refractivity contribution in [1.82, 2.24) is 10.2 Å². The lowest BCUT2D eigenvalue weighted by atomic mass is 10.0. The third-order valence-electron chi connectivity index (χ3n) is 5.32. The average Bonchev–Trinajstić information content (AvgIpc) is 2.91. The van der Waals surface area contributed by atoms with Crippen LogP contribution in [0.5, 0.6) is 0 Å². The van der Waals surface area contributed by atoms with Gasteiger partial charge in [-0.25, -0.2) is 4.79 Å². The number of hydrogen-bond donors (Lipinski definition) is 3. The van der Waals surface area contributed by atoms with Gasteiger partial charge in [0.15, 0.2) is 11.4 Å². The number of aliphatic carboxylic acids is 2. The first-order valence-electron chi connectivity index (χ1n) is 9.33. The van der Waals surface area contributed by atoms with E-state index in [2.05, 4.69) is 5.32 Å². The molecule has 2 aliphatic heterocycles. The Morgan fingerprint density at radius 1 is 1.25 bits per heavy atom. The number of fused-ring (bicyclic) bond motifs is 1. The Hall–Kier alpha value is -2.10. The van der Waals surface area contributed by atoms with Crippen molar-refractivity contribution in [2.45, 2.75) is 55.6 Å². The minimum atomic E-state index is -1.41. The predicted molar refractivity (Wildman–Crippen MR) is 102 cm³/mol. The second-order valence-corrected chi connectivity index (χ2v) is 8.81. The van der Waals surface area contributed by atoms with Crippen LogP contribution in [-0.2, 0) is 32.0 Å². The fraction of sp³-hybridized carbons (Fsp3) is 0.526. The zero-order valence-electron chi connectivity index (χ0n) is 15.3. The number of nitrogens with one attached hydrogen (secondary N) is 1. The van der Waals surface area contributed by atoms with Gasteiger partial charge in [0.2, 0.25) is 5.91 Å². The SMILES string of the molecule is O=C(O)C(CCc1ccccc1)N[C@H]1CCC[C@@H]2N(C1=O)[C@H](C(=O)O)C[S+]2[O-]. The standard InChI is InChI=1S/C19H24N2O6S/c22-17-13(7-4-8-16-21(17)15(19(25)26)11-28(16)27)20-14(18(23)24)10-9-12-5-2-1-3-6-12/h1-3,5-6,13-16,20H,4,7-11H2,(H,23,24)(H,25,26)/t13-,14?,15-,16+,28?/m0/s1. The van der Waals surface area contributed by atoms with Gasteiger partial charge in [0.1, 0.15) is 11.8 Å². The van der Waals surface area contributed by atoms with Gasteiger partial charge in [-0.2, -0.15) is 0 Å². The lowest BCUT2D eigenvalue weighted by Crippen LogP contribution is -2.55. The molecule has 1 aromatic rings. The van der Waals surface area contributed by atoms with E-state index in [4.69, 9.17) is 0 Å². The van der Waals surface area contributed by atoms with Crippen molar-refractivity contribution >= 4 is 29.0 Å². The molecule has 2 fully saturated rings. The summed E-state index contributed by atoms with van der Waals surface area (Å²) in [7, 11) is 0. The fourth-order valence-electron chi connectivity index (χ4n) is 3.86. The van der Waals surface area contributed by atoms with E-state index in [1.165, 1.54) is 4.90 Å². The van der Waals surface area contributed by atoms with E-state index in [0.717, 1.165) is 5.56 Å². The number of carboxylic acids is 2. The summed E-state index contributed by atoms with van der Waals surface area (Å²) in [5, 5.41) is 21.3. The molecule has 2 unspecified atom stereocenters. The molecule has 8 nitrogen and oxygen atoms in total. The van der Waals surface area contributed by atoms with E-state index >= 15 is 0 Å². The summed E-state index contributed by atoms with van der Waals surface area (Å²) in [4.78, 5) is 37.4. The van der Waals surface area contributed by atoms with Gasteiger partial charge >= 0.3 is 11.9 Å². The molecule has 3 rings (SSSR count). The van der Waals surface area contributed by atoms with Crippen LogP contribution in [0, 0.1) is 0 Å². The smallest absolute Gasteiger partial charge is 0.331 e. The van der Waals surface area contributed by atoms with Gasteiger partial charge in [-0.05, 0) is 42.4 Å². The summed E-state index contributed by atoms with van der Waals surface area (Å²) < 4.78 is 12.3. The highest BCUT2D eigenvalue weighted by Gasteiger charge is 2.52. The Morgan fingerprint density at radius 3 is 2.61 bits per heavy atom. The molecule has 2 aliphatic rings. The third kappa shape index (κ3) is 4.48. The molecule has 152 valence electrons. The first-order chi connectivity index (χ1) is 13.4. The lowest BCUT2D eigenvalue weighted by molar-refractivity contribution is -0.150. The third-order valence-corrected chi connectivity index (χ3v) is 7.03. The molecule has 0 spiro atoms. The predicted octanol–water partition coefficient (Wildman–Crippen LogP) is 0.585. The molecule has 0 radical (unpaired) electrons. The van der Waals surface area contributed by atoms with Crippen molar-refractivity contribution < 1.29 is 29.1 Å². The van der Waals surface area contributed by atoms with Crippen LogP contribution in [0.25, 0.3) is 0 Å². The molecular weight excluding hydrogens is 384 g/mol. The molecule has 0 bridgehead atoms. The van der Waals surface area contributed by atoms with E-state index in [1.54, 1.807) is 0 Å². The summed E-state index contributed by atoms with van der Waals surface area (Å²) >= 11 is -1.41. The first kappa shape index (κ1) is 20.6. The second kappa shape index (κ2) is 8.93. The van der Waals surface area contributed by atoms with E-state index < -0.39 is 52.5 Å². The monoisotopic (exact) mass is 408 g/mol. The van der Waals surface area contributed by atoms with E-state index in [-0.39, 0.29) is 5.75 Å². The highest BCUT2D eigenvalue weighted by atomic mass is 32.2. The van der Waals surface area contributed by atoms with Crippen molar-refractivity contribution in [3.05, 3.63) is 35.9 Å². The van der Waals surface area contributed by atoms with Gasteiger partial charge in [-0.1, -0.05) is 30.3 Å². The molecule has 28 heavy (non-hydrogen) atoms. The van der Waals surface area contributed by atoms with Gasteiger partial charge in [0, 0.05) is 6.42 Å². The Labute approximate surface area is 166 Å². The summed E-state index contributed by atoms with van der Waals surface area (Å²) in [6, 6.07) is 6.64. The van der Waals surface area contributed by atoms with Crippen molar-refractivity contribution in [3.63, 3.8) is 0 Å². The van der Waals surface area contributed by atoms with Crippen LogP contribution in [0.3, 0.4) is 0 Å². The number of hydrogen-bond acceptors (Lipinski definition) is 5. The topological polar surface area (TPSA) is 130 Å². The van der Waals surface area contributed by atoms with Gasteiger partial charge in [0.25, 0.3) is 0 Å². The highest BCUT2D eigenvalue weighted by molar-refractivity contribution is 7.92. The Morgan fingerprint density at radius 2 is 1.96 bits per heavy atom. The molecule has 2 heterocycles. The second-order valence-electron chi connectivity index (χ2n) is 7.17. The maximum atomic E-state index is 13.0. The molecule has 5 atom stereocenters. The molecular formula is C19H24N2O6S. The van der Waals surface area contributed by atoms with Crippen LogP contribution in [0.15, 0.2) is 30.3 Å². The van der Waals surface area contributed by atoms with Crippen LogP contribution in [0.2, 0.25) is 0 Å². The van der Waals surface area contributed by atoms with Gasteiger partial charge in [-0.3, -0.25) is 19.8 Å². The zero-order chi connectivity index (χ0) is 20.3. The molecule has 0 saturated carbocycles. The van der Waals surface area contributed by atoms with Gasteiger partial charge in [0.05, 0.1) is 6.04 Å². The Bertz CT molecular complexity index is 730. The first-order valence-corrected chi connectivity index (χ1v) is 10.7. The maximum absolute atomic E-state index is 13.0. The lowest BCUT2D eigenvalue weighted by Gasteiger charge is -2.27. The largest absolute Gasteiger partial charge is 0.615 e. The highest BCUT2D eigenvalue weighted by Crippen LogP contribution is 2.31. The number of aryl methyl sites for hydroxylation is 1. The van der Waals surface area contributed by atoms with Crippen molar-refractivity contribution in [2.75, 3.05) is 5.75 Å². The van der Waals surface area contributed by atoms with Crippen LogP contribution in [-0.4, -0.2) is 66.8 Å². The molecule has 0 aromatic heterocycles. The van der Waals surface area contributed by atoms with Gasteiger partial charge in [-0.15, -0.1) is 0 Å². The minimum Gasteiger partial charge on any atom is -0.615 e. The Kier molecular flexibility index (Phi) is 6.58. The van der Waals surface area contributed by atoms with Crippen LogP contribution in [0.1, 0.15) is 31.2 Å². The van der Waals surface area contributed by atoms with E-state index in [9.17, 15) is 29.1 Å². The average molecular weight is 408 g/mol. The number of amides is 1. The van der Waals surface area contributed by atoms with Gasteiger partial charge < -0.3 is 14.8 Å². The van der Waals surface area contributed by atoms with E-state index in [1.807, 2.05) is 30.3 Å². The molecule has 1 amide bonds. The van der Waals surface area contributed by atoms with Crippen LogP contribution >= 0.6 is 0 Å². The normalized spacial score (nSPS) is 28.5. The number of rotatable bonds is 7. The number of carbonyl (C=O) groups excluding carboxylic acids is 1. The van der Waals surface area contributed by atoms with Crippen molar-refractivity contribution in [1.29, 1.82) is 0 Å². The quantitative estimate of drug-likeness (QED) is 0.563. The molecule has 0 aliphatic carbocycles. The number of benzene rings is 1. The van der Waals surface area contributed by atoms with Crippen molar-refractivity contribution in [2.24, 2.45) is 0 Å². The fourth-order valence-corrected chi connectivity index (χ4v) is 5.63. The Balaban J connectivity index is 1.71. The minimum absolute atomic E-state index is 0.0746. The summed E-state index contributed by atoms with van der Waals surface area (Å²) in [6.07, 6.45) is 2.28. The number of nitrogens with zero attached hydrogens (tertiary/aromatic N) is 1. The van der Waals surface area contributed by atoms with E-state index in [0.29, 0.717) is 32.1 Å². The summed E-state index contributed by atoms with van der Waals surface area (Å²) in [6.45, 7) is 0. The zero-order valence-corrected chi connectivity index (χ0v) is 16.1. The maximum Gasteiger partial charge on any atom is 0.331 e. The molecule has 3 N–H and O–H groups in total.